The lowest BCUT2D eigenvalue weighted by molar-refractivity contribution is -0.115. The highest BCUT2D eigenvalue weighted by Gasteiger charge is 2.04. The first-order valence-corrected chi connectivity index (χ1v) is 6.60. The van der Waals surface area contributed by atoms with Crippen LogP contribution in [0.3, 0.4) is 0 Å². The number of benzene rings is 2. The van der Waals surface area contributed by atoms with Crippen molar-refractivity contribution in [3.63, 3.8) is 0 Å². The molecule has 0 aliphatic heterocycles. The van der Waals surface area contributed by atoms with Crippen LogP contribution in [0.5, 0.6) is 11.5 Å². The lowest BCUT2D eigenvalue weighted by Gasteiger charge is -2.08. The molecule has 0 fully saturated rings. The van der Waals surface area contributed by atoms with Gasteiger partial charge in [-0.15, -0.1) is 0 Å². The molecule has 0 aliphatic rings. The molecule has 2 rings (SSSR count). The fourth-order valence-corrected chi connectivity index (χ4v) is 1.88. The molecule has 21 heavy (non-hydrogen) atoms. The van der Waals surface area contributed by atoms with Gasteiger partial charge in [-0.05, 0) is 18.2 Å². The van der Waals surface area contributed by atoms with E-state index in [9.17, 15) is 9.90 Å². The number of hydrogen-bond donors (Lipinski definition) is 3. The summed E-state index contributed by atoms with van der Waals surface area (Å²) >= 11 is 0. The quantitative estimate of drug-likeness (QED) is 0.761. The van der Waals surface area contributed by atoms with Gasteiger partial charge in [0.25, 0.3) is 0 Å². The van der Waals surface area contributed by atoms with E-state index in [2.05, 4.69) is 10.6 Å². The predicted octanol–water partition coefficient (Wildman–Crippen LogP) is 2.13. The molecule has 0 bridgehead atoms. The summed E-state index contributed by atoms with van der Waals surface area (Å²) in [6, 6.07) is 14.2. The van der Waals surface area contributed by atoms with Crippen molar-refractivity contribution in [2.24, 2.45) is 0 Å². The van der Waals surface area contributed by atoms with Crippen molar-refractivity contribution in [3.05, 3.63) is 54.1 Å². The van der Waals surface area contributed by atoms with Gasteiger partial charge in [-0.3, -0.25) is 4.79 Å². The Morgan fingerprint density at radius 2 is 2.00 bits per heavy atom. The first-order chi connectivity index (χ1) is 10.2. The van der Waals surface area contributed by atoms with Crippen molar-refractivity contribution in [2.75, 3.05) is 19.0 Å². The van der Waals surface area contributed by atoms with Crippen LogP contribution in [-0.4, -0.2) is 24.7 Å². The van der Waals surface area contributed by atoms with Gasteiger partial charge in [-0.25, -0.2) is 0 Å². The maximum Gasteiger partial charge on any atom is 0.238 e. The number of rotatable bonds is 6. The Balaban J connectivity index is 1.81. The van der Waals surface area contributed by atoms with E-state index >= 15 is 0 Å². The topological polar surface area (TPSA) is 70.6 Å². The number of nitrogens with one attached hydrogen (secondary N) is 2. The average molecular weight is 286 g/mol. The summed E-state index contributed by atoms with van der Waals surface area (Å²) in [4.78, 5) is 11.8. The molecule has 2 aromatic carbocycles. The molecule has 5 nitrogen and oxygen atoms in total. The van der Waals surface area contributed by atoms with E-state index in [1.54, 1.807) is 31.4 Å². The van der Waals surface area contributed by atoms with Crippen LogP contribution >= 0.6 is 0 Å². The minimum atomic E-state index is -0.154. The average Bonchev–Trinajstić information content (AvgIpc) is 2.49. The molecular weight excluding hydrogens is 268 g/mol. The molecular formula is C16H18N2O3. The molecule has 0 radical (unpaired) electrons. The van der Waals surface area contributed by atoms with Crippen LogP contribution in [0.25, 0.3) is 0 Å². The van der Waals surface area contributed by atoms with Crippen LogP contribution in [0.2, 0.25) is 0 Å². The minimum Gasteiger partial charge on any atom is -0.508 e. The Hall–Kier alpha value is -2.53. The minimum absolute atomic E-state index is 0.154. The third kappa shape index (κ3) is 4.50. The van der Waals surface area contributed by atoms with Gasteiger partial charge in [0.2, 0.25) is 5.91 Å². The van der Waals surface area contributed by atoms with E-state index in [-0.39, 0.29) is 18.2 Å². The van der Waals surface area contributed by atoms with Gasteiger partial charge in [0.1, 0.15) is 11.5 Å². The molecule has 0 saturated carbocycles. The summed E-state index contributed by atoms with van der Waals surface area (Å²) in [5.41, 5.74) is 1.44. The highest BCUT2D eigenvalue weighted by molar-refractivity contribution is 5.92. The number of carbonyl (C=O) groups excluding carboxylic acids is 1. The second-order valence-corrected chi connectivity index (χ2v) is 4.51. The Labute approximate surface area is 123 Å². The zero-order valence-corrected chi connectivity index (χ0v) is 11.8. The summed E-state index contributed by atoms with van der Waals surface area (Å²) < 4.78 is 5.09. The van der Waals surface area contributed by atoms with Gasteiger partial charge in [0.05, 0.1) is 13.7 Å². The number of anilines is 1. The van der Waals surface area contributed by atoms with Crippen molar-refractivity contribution in [1.82, 2.24) is 5.32 Å². The monoisotopic (exact) mass is 286 g/mol. The van der Waals surface area contributed by atoms with Crippen molar-refractivity contribution < 1.29 is 14.6 Å². The lowest BCUT2D eigenvalue weighted by atomic mass is 10.2. The number of hydrogen-bond acceptors (Lipinski definition) is 4. The highest BCUT2D eigenvalue weighted by Crippen LogP contribution is 2.16. The second-order valence-electron chi connectivity index (χ2n) is 4.51. The smallest absolute Gasteiger partial charge is 0.238 e. The summed E-state index contributed by atoms with van der Waals surface area (Å²) in [5, 5.41) is 15.4. The van der Waals surface area contributed by atoms with E-state index in [1.165, 1.54) is 0 Å². The Bertz CT molecular complexity index is 614. The van der Waals surface area contributed by atoms with Crippen LogP contribution in [0.15, 0.2) is 48.5 Å². The third-order valence-electron chi connectivity index (χ3n) is 2.95. The van der Waals surface area contributed by atoms with Crippen molar-refractivity contribution in [2.45, 2.75) is 6.54 Å². The Morgan fingerprint density at radius 3 is 2.76 bits per heavy atom. The van der Waals surface area contributed by atoms with E-state index in [1.807, 2.05) is 24.3 Å². The molecule has 0 unspecified atom stereocenters. The fourth-order valence-electron chi connectivity index (χ4n) is 1.88. The molecule has 0 atom stereocenters. The van der Waals surface area contributed by atoms with Gasteiger partial charge in [-0.2, -0.15) is 0 Å². The van der Waals surface area contributed by atoms with Crippen LogP contribution in [-0.2, 0) is 11.3 Å². The summed E-state index contributed by atoms with van der Waals surface area (Å²) in [7, 11) is 1.58. The summed E-state index contributed by atoms with van der Waals surface area (Å²) in [5.74, 6) is 0.756. The zero-order valence-electron chi connectivity index (χ0n) is 11.8. The van der Waals surface area contributed by atoms with Gasteiger partial charge in [0.15, 0.2) is 0 Å². The first kappa shape index (κ1) is 14.9. The van der Waals surface area contributed by atoms with Gasteiger partial charge >= 0.3 is 0 Å². The fraction of sp³-hybridized carbons (Fsp3) is 0.188. The number of para-hydroxylation sites is 1. The molecule has 0 saturated heterocycles. The molecule has 1 amide bonds. The largest absolute Gasteiger partial charge is 0.508 e. The van der Waals surface area contributed by atoms with Gasteiger partial charge < -0.3 is 20.5 Å². The van der Waals surface area contributed by atoms with Crippen molar-refractivity contribution in [3.8, 4) is 11.5 Å². The molecule has 3 N–H and O–H groups in total. The molecule has 2 aromatic rings. The Morgan fingerprint density at radius 1 is 1.19 bits per heavy atom. The van der Waals surface area contributed by atoms with Gasteiger partial charge in [-0.1, -0.05) is 24.3 Å². The van der Waals surface area contributed by atoms with Crippen LogP contribution < -0.4 is 15.4 Å². The number of phenols is 1. The zero-order chi connectivity index (χ0) is 15.1. The van der Waals surface area contributed by atoms with Crippen LogP contribution in [0, 0.1) is 0 Å². The van der Waals surface area contributed by atoms with E-state index < -0.39 is 0 Å². The number of aromatic hydroxyl groups is 1. The van der Waals surface area contributed by atoms with Crippen molar-refractivity contribution >= 4 is 11.6 Å². The number of amides is 1. The van der Waals surface area contributed by atoms with E-state index in [0.29, 0.717) is 18.0 Å². The summed E-state index contributed by atoms with van der Waals surface area (Å²) in [6.07, 6.45) is 0. The third-order valence-corrected chi connectivity index (χ3v) is 2.95. The maximum absolute atomic E-state index is 11.8. The van der Waals surface area contributed by atoms with Crippen LogP contribution in [0.4, 0.5) is 5.69 Å². The van der Waals surface area contributed by atoms with Crippen molar-refractivity contribution in [1.29, 1.82) is 0 Å². The van der Waals surface area contributed by atoms with Crippen LogP contribution in [0.1, 0.15) is 5.56 Å². The lowest BCUT2D eigenvalue weighted by Crippen LogP contribution is -2.27. The highest BCUT2D eigenvalue weighted by atomic mass is 16.5. The van der Waals surface area contributed by atoms with E-state index in [0.717, 1.165) is 5.56 Å². The predicted molar refractivity (Wildman–Crippen MR) is 81.4 cm³/mol. The summed E-state index contributed by atoms with van der Waals surface area (Å²) in [6.45, 7) is 0.587. The molecule has 110 valence electrons. The molecule has 0 aromatic heterocycles. The molecule has 0 spiro atoms. The molecule has 0 heterocycles. The number of phenolic OH excluding ortho intramolecular Hbond substituents is 1. The normalized spacial score (nSPS) is 10.1. The van der Waals surface area contributed by atoms with E-state index in [4.69, 9.17) is 4.74 Å². The second kappa shape index (κ2) is 7.31. The molecule has 5 heteroatoms. The SMILES string of the molecule is COc1cccc(NC(=O)CNCc2ccccc2O)c1. The molecule has 0 aliphatic carbocycles. The van der Waals surface area contributed by atoms with Gasteiger partial charge in [0, 0.05) is 23.9 Å². The first-order valence-electron chi connectivity index (χ1n) is 6.60. The number of carbonyl (C=O) groups is 1. The number of methoxy groups -OCH3 is 1. The maximum atomic E-state index is 11.8. The Kier molecular flexibility index (Phi) is 5.17. The number of ether oxygens (including phenoxy) is 1. The standard InChI is InChI=1S/C16H18N2O3/c1-21-14-7-4-6-13(9-14)18-16(20)11-17-10-12-5-2-3-8-15(12)19/h2-9,17,19H,10-11H2,1H3,(H,18,20).